The molecular weight excluding hydrogens is 905 g/mol. The predicted octanol–water partition coefficient (Wildman–Crippen LogP) is 6.40. The first-order valence-corrected chi connectivity index (χ1v) is 23.4. The summed E-state index contributed by atoms with van der Waals surface area (Å²) in [5.41, 5.74) is -0.914. The maximum Gasteiger partial charge on any atom is 0.338 e. The fourth-order valence-electron chi connectivity index (χ4n) is 6.78. The summed E-state index contributed by atoms with van der Waals surface area (Å²) in [7, 11) is 1.27. The van der Waals surface area contributed by atoms with Gasteiger partial charge >= 0.3 is 41.8 Å². The van der Waals surface area contributed by atoms with E-state index in [1.54, 1.807) is 110 Å². The number of methoxy groups -OCH3 is 1. The van der Waals surface area contributed by atoms with Gasteiger partial charge in [-0.2, -0.15) is 0 Å². The van der Waals surface area contributed by atoms with E-state index in [2.05, 4.69) is 0 Å². The number of thioether (sulfide) groups is 1. The second kappa shape index (κ2) is 25.0. The van der Waals surface area contributed by atoms with Gasteiger partial charge in [-0.25, -0.2) is 14.4 Å². The molecule has 368 valence electrons. The lowest BCUT2D eigenvalue weighted by molar-refractivity contribution is -0.295. The molecule has 0 aliphatic carbocycles. The molecule has 0 amide bonds. The number of esters is 7. The van der Waals surface area contributed by atoms with Crippen molar-refractivity contribution in [1.82, 2.24) is 0 Å². The maximum atomic E-state index is 14.0. The van der Waals surface area contributed by atoms with Crippen LogP contribution in [-0.2, 0) is 66.5 Å². The average Bonchev–Trinajstić information content (AvgIpc) is 3.33. The second-order valence-electron chi connectivity index (χ2n) is 17.3. The lowest BCUT2D eigenvalue weighted by Crippen LogP contribution is -2.63. The second-order valence-corrected chi connectivity index (χ2v) is 18.7. The van der Waals surface area contributed by atoms with Crippen LogP contribution >= 0.6 is 11.8 Å². The van der Waals surface area contributed by atoms with Crippen LogP contribution < -0.4 is 0 Å². The Labute approximate surface area is 400 Å². The predicted molar refractivity (Wildman–Crippen MR) is 244 cm³/mol. The van der Waals surface area contributed by atoms with Gasteiger partial charge in [0.05, 0.1) is 52.2 Å². The fraction of sp³-hybridized carbons (Fsp3) is 0.500. The van der Waals surface area contributed by atoms with Gasteiger partial charge < -0.3 is 47.4 Å². The van der Waals surface area contributed by atoms with Crippen LogP contribution in [0.4, 0.5) is 0 Å². The highest BCUT2D eigenvalue weighted by Gasteiger charge is 2.56. The van der Waals surface area contributed by atoms with Crippen molar-refractivity contribution in [1.29, 1.82) is 0 Å². The van der Waals surface area contributed by atoms with Crippen molar-refractivity contribution < 1.29 is 80.9 Å². The SMILES string of the molecule is CO[C@@H]1O[C@H](CO[C@@H]2S[C@H](COC(=O)C(C)C)[C@@H](OC(=O)C(C)C)[C@H](OC(=O)C(C)C)[C@H]2OC(=O)C(C)C)[C@@H](OC(=O)c2ccccc2)[C@H](OC(=O)c2ccccc2)[C@H]1OC(=O)c1ccccc1. The normalized spacial score (nSPS) is 24.7. The van der Waals surface area contributed by atoms with Gasteiger partial charge in [-0.15, -0.1) is 11.8 Å². The minimum absolute atomic E-state index is 0.117. The van der Waals surface area contributed by atoms with Crippen LogP contribution in [-0.4, -0.2) is 122 Å². The number of hydrogen-bond acceptors (Lipinski definition) is 18. The summed E-state index contributed by atoms with van der Waals surface area (Å²) in [6, 6.07) is 23.9. The molecule has 0 unspecified atom stereocenters. The standard InChI is InChI=1S/C50H60O17S/c1-27(2)42(51)59-26-35-37(63-43(52)28(3)4)39(64-44(53)29(5)6)41(67-45(54)30(7)8)50(68-35)60-25-34-36(62-46(55)31-19-13-10-14-20-31)38(65-47(56)32-21-15-11-16-22-32)40(49(58-9)61-34)66-48(57)33-23-17-12-18-24-33/h10-24,27-30,34-41,49-50H,25-26H2,1-9H3/t34-,35-,36-,37-,38+,39+,40-,41-,49-,50-/m1/s1. The Kier molecular flexibility index (Phi) is 19.5. The Hall–Kier alpha value is -5.82. The van der Waals surface area contributed by atoms with Crippen molar-refractivity contribution in [2.24, 2.45) is 23.7 Å². The van der Waals surface area contributed by atoms with Crippen LogP contribution in [0.2, 0.25) is 0 Å². The van der Waals surface area contributed by atoms with Gasteiger partial charge in [-0.1, -0.05) is 110 Å². The van der Waals surface area contributed by atoms with Crippen molar-refractivity contribution in [3.63, 3.8) is 0 Å². The van der Waals surface area contributed by atoms with Gasteiger partial charge in [0, 0.05) is 7.11 Å². The zero-order valence-electron chi connectivity index (χ0n) is 39.5. The molecular formula is C50H60O17S. The number of carbonyl (C=O) groups excluding carboxylic acids is 7. The molecule has 68 heavy (non-hydrogen) atoms. The summed E-state index contributed by atoms with van der Waals surface area (Å²) in [5, 5.41) is -0.976. The molecule has 0 aromatic heterocycles. The minimum atomic E-state index is -1.62. The summed E-state index contributed by atoms with van der Waals surface area (Å²) < 4.78 is 60.8. The van der Waals surface area contributed by atoms with Crippen molar-refractivity contribution in [3.05, 3.63) is 108 Å². The van der Waals surface area contributed by atoms with Crippen LogP contribution in [0.1, 0.15) is 86.5 Å². The monoisotopic (exact) mass is 964 g/mol. The molecule has 3 aromatic carbocycles. The van der Waals surface area contributed by atoms with Crippen LogP contribution in [0.5, 0.6) is 0 Å². The molecule has 2 fully saturated rings. The highest BCUT2D eigenvalue weighted by Crippen LogP contribution is 2.41. The van der Waals surface area contributed by atoms with Crippen molar-refractivity contribution in [2.45, 2.75) is 115 Å². The van der Waals surface area contributed by atoms with Crippen LogP contribution in [0.15, 0.2) is 91.0 Å². The lowest BCUT2D eigenvalue weighted by atomic mass is 9.97. The summed E-state index contributed by atoms with van der Waals surface area (Å²) in [5.74, 6) is -7.80. The Morgan fingerprint density at radius 2 is 0.853 bits per heavy atom. The van der Waals surface area contributed by atoms with Gasteiger partial charge in [0.1, 0.15) is 18.1 Å². The van der Waals surface area contributed by atoms with Crippen molar-refractivity contribution in [3.8, 4) is 0 Å². The van der Waals surface area contributed by atoms with E-state index in [0.29, 0.717) is 0 Å². The molecule has 0 bridgehead atoms. The van der Waals surface area contributed by atoms with E-state index in [1.807, 2.05) is 0 Å². The molecule has 18 heteroatoms. The molecule has 10 atom stereocenters. The molecule has 0 radical (unpaired) electrons. The number of hydrogen-bond donors (Lipinski definition) is 0. The number of rotatable bonds is 19. The van der Waals surface area contributed by atoms with E-state index < -0.39 is 132 Å². The molecule has 2 aliphatic heterocycles. The van der Waals surface area contributed by atoms with Crippen molar-refractivity contribution >= 4 is 53.5 Å². The largest absolute Gasteiger partial charge is 0.464 e. The third kappa shape index (κ3) is 14.1. The molecule has 0 saturated carbocycles. The summed E-state index contributed by atoms with van der Waals surface area (Å²) in [6.45, 7) is 12.0. The van der Waals surface area contributed by atoms with Gasteiger partial charge in [0.25, 0.3) is 0 Å². The van der Waals surface area contributed by atoms with Gasteiger partial charge in [-0.05, 0) is 36.4 Å². The zero-order valence-corrected chi connectivity index (χ0v) is 40.3. The van der Waals surface area contributed by atoms with Crippen LogP contribution in [0.3, 0.4) is 0 Å². The van der Waals surface area contributed by atoms with E-state index >= 15 is 0 Å². The molecule has 0 N–H and O–H groups in total. The molecule has 5 rings (SSSR count). The quantitative estimate of drug-likeness (QED) is 0.0940. The molecule has 3 aromatic rings. The van der Waals surface area contributed by atoms with Crippen molar-refractivity contribution in [2.75, 3.05) is 20.3 Å². The van der Waals surface area contributed by atoms with Gasteiger partial charge in [0.2, 0.25) is 0 Å². The Morgan fingerprint density at radius 1 is 0.471 bits per heavy atom. The van der Waals surface area contributed by atoms with E-state index in [9.17, 15) is 33.6 Å². The smallest absolute Gasteiger partial charge is 0.338 e. The summed E-state index contributed by atoms with van der Waals surface area (Å²) in [6.07, 6.45) is -12.0. The third-order valence-electron chi connectivity index (χ3n) is 10.6. The third-order valence-corrected chi connectivity index (χ3v) is 12.1. The van der Waals surface area contributed by atoms with E-state index in [0.717, 1.165) is 11.8 Å². The average molecular weight is 965 g/mol. The summed E-state index contributed by atoms with van der Waals surface area (Å²) >= 11 is 0.976. The minimum Gasteiger partial charge on any atom is -0.464 e. The highest BCUT2D eigenvalue weighted by molar-refractivity contribution is 8.00. The van der Waals surface area contributed by atoms with Gasteiger partial charge in [0.15, 0.2) is 42.9 Å². The Balaban J connectivity index is 1.61. The van der Waals surface area contributed by atoms with E-state index in [-0.39, 0.29) is 23.3 Å². The first-order valence-electron chi connectivity index (χ1n) is 22.4. The van der Waals surface area contributed by atoms with Gasteiger partial charge in [-0.3, -0.25) is 19.2 Å². The Bertz CT molecular complexity index is 2170. The fourth-order valence-corrected chi connectivity index (χ4v) is 8.16. The number of carbonyl (C=O) groups is 7. The van der Waals surface area contributed by atoms with Crippen LogP contribution in [0.25, 0.3) is 0 Å². The number of benzene rings is 3. The lowest BCUT2D eigenvalue weighted by Gasteiger charge is -2.46. The molecule has 17 nitrogen and oxygen atoms in total. The molecule has 2 heterocycles. The molecule has 2 saturated heterocycles. The summed E-state index contributed by atoms with van der Waals surface area (Å²) in [4.78, 5) is 94.8. The maximum absolute atomic E-state index is 14.0. The highest BCUT2D eigenvalue weighted by atomic mass is 32.2. The van der Waals surface area contributed by atoms with E-state index in [1.165, 1.54) is 43.5 Å². The first kappa shape index (κ1) is 53.1. The van der Waals surface area contributed by atoms with Crippen LogP contribution in [0, 0.1) is 23.7 Å². The molecule has 2 aliphatic rings. The first-order chi connectivity index (χ1) is 32.4. The Morgan fingerprint density at radius 3 is 1.28 bits per heavy atom. The molecule has 0 spiro atoms. The topological polar surface area (TPSA) is 212 Å². The zero-order chi connectivity index (χ0) is 49.7. The number of ether oxygens (including phenoxy) is 10. The van der Waals surface area contributed by atoms with E-state index in [4.69, 9.17) is 47.4 Å².